The highest BCUT2D eigenvalue weighted by atomic mass is 19.4. The third-order valence-electron chi connectivity index (χ3n) is 2.28. The van der Waals surface area contributed by atoms with Gasteiger partial charge in [0.2, 0.25) is 0 Å². The van der Waals surface area contributed by atoms with E-state index >= 15 is 0 Å². The van der Waals surface area contributed by atoms with Crippen LogP contribution in [0.5, 0.6) is 0 Å². The number of carbonyl (C=O) groups is 1. The average Bonchev–Trinajstić information content (AvgIpc) is 2.78. The Kier molecular flexibility index (Phi) is 2.27. The summed E-state index contributed by atoms with van der Waals surface area (Å²) in [5.41, 5.74) is -1.67. The first-order chi connectivity index (χ1) is 5.88. The van der Waals surface area contributed by atoms with Gasteiger partial charge in [-0.05, 0) is 0 Å². The lowest BCUT2D eigenvalue weighted by Gasteiger charge is -2.15. The molecule has 6 heteroatoms. The molecule has 1 rings (SSSR count). The summed E-state index contributed by atoms with van der Waals surface area (Å²) in [5.74, 6) is -2.37. The van der Waals surface area contributed by atoms with Crippen LogP contribution in [0.4, 0.5) is 13.2 Å². The molecule has 0 spiro atoms. The zero-order valence-corrected chi connectivity index (χ0v) is 7.23. The monoisotopic (exact) mass is 197 g/mol. The Balaban J connectivity index is 2.75. The average molecular weight is 197 g/mol. The second-order valence-corrected chi connectivity index (χ2v) is 2.97. The summed E-state index contributed by atoms with van der Waals surface area (Å²) in [5, 5.41) is 2.16. The lowest BCUT2D eigenvalue weighted by atomic mass is 10.2. The number of alkyl halides is 3. The molecule has 2 atom stereocenters. The Morgan fingerprint density at radius 3 is 2.38 bits per heavy atom. The molecule has 0 aliphatic heterocycles. The number of hydrogen-bond acceptors (Lipinski definition) is 2. The summed E-state index contributed by atoms with van der Waals surface area (Å²) in [6.07, 6.45) is -4.64. The molecule has 1 aliphatic rings. The second-order valence-electron chi connectivity index (χ2n) is 2.97. The van der Waals surface area contributed by atoms with Crippen molar-refractivity contribution in [1.82, 2.24) is 5.32 Å². The summed E-state index contributed by atoms with van der Waals surface area (Å²) in [7, 11) is 2.40. The van der Waals surface area contributed by atoms with Gasteiger partial charge >= 0.3 is 6.18 Å². The molecule has 13 heavy (non-hydrogen) atoms. The van der Waals surface area contributed by atoms with Crippen molar-refractivity contribution in [3.05, 3.63) is 0 Å². The first-order valence-electron chi connectivity index (χ1n) is 3.72. The van der Waals surface area contributed by atoms with E-state index in [1.807, 2.05) is 0 Å². The number of methoxy groups -OCH3 is 1. The zero-order valence-electron chi connectivity index (χ0n) is 7.23. The molecule has 3 nitrogen and oxygen atoms in total. The predicted molar refractivity (Wildman–Crippen MR) is 38.0 cm³/mol. The Bertz CT molecular complexity index is 228. The van der Waals surface area contributed by atoms with Gasteiger partial charge in [0, 0.05) is 20.6 Å². The van der Waals surface area contributed by atoms with E-state index < -0.39 is 23.6 Å². The van der Waals surface area contributed by atoms with Crippen LogP contribution in [0.1, 0.15) is 6.42 Å². The van der Waals surface area contributed by atoms with Crippen LogP contribution >= 0.6 is 0 Å². The topological polar surface area (TPSA) is 38.3 Å². The van der Waals surface area contributed by atoms with E-state index in [9.17, 15) is 18.0 Å². The fraction of sp³-hybridized carbons (Fsp3) is 0.857. The molecule has 1 saturated carbocycles. The van der Waals surface area contributed by atoms with E-state index in [2.05, 4.69) is 10.1 Å². The molecule has 0 heterocycles. The van der Waals surface area contributed by atoms with Crippen molar-refractivity contribution in [3.63, 3.8) is 0 Å². The van der Waals surface area contributed by atoms with Crippen molar-refractivity contribution in [2.24, 2.45) is 5.92 Å². The van der Waals surface area contributed by atoms with E-state index in [4.69, 9.17) is 0 Å². The Morgan fingerprint density at radius 1 is 1.62 bits per heavy atom. The normalized spacial score (nSPS) is 32.8. The highest BCUT2D eigenvalue weighted by molar-refractivity contribution is 5.88. The summed E-state index contributed by atoms with van der Waals surface area (Å²) < 4.78 is 41.1. The van der Waals surface area contributed by atoms with Crippen LogP contribution < -0.4 is 5.32 Å². The fourth-order valence-electron chi connectivity index (χ4n) is 1.41. The Labute approximate surface area is 73.2 Å². The number of amides is 1. The third-order valence-corrected chi connectivity index (χ3v) is 2.28. The highest BCUT2D eigenvalue weighted by Crippen LogP contribution is 2.55. The number of nitrogens with one attached hydrogen (secondary N) is 1. The van der Waals surface area contributed by atoms with Crippen molar-refractivity contribution in [2.75, 3.05) is 14.2 Å². The first-order valence-corrected chi connectivity index (χ1v) is 3.72. The number of halogens is 3. The maximum atomic E-state index is 12.2. The van der Waals surface area contributed by atoms with Gasteiger partial charge in [-0.15, -0.1) is 0 Å². The van der Waals surface area contributed by atoms with E-state index in [-0.39, 0.29) is 6.42 Å². The quantitative estimate of drug-likeness (QED) is 0.707. The molecular weight excluding hydrogens is 187 g/mol. The molecule has 0 aromatic carbocycles. The summed E-state index contributed by atoms with van der Waals surface area (Å²) in [4.78, 5) is 11.0. The molecule has 1 amide bonds. The van der Waals surface area contributed by atoms with Crippen LogP contribution in [0.25, 0.3) is 0 Å². The molecule has 2 unspecified atom stereocenters. The van der Waals surface area contributed by atoms with Crippen LogP contribution in [0.2, 0.25) is 0 Å². The van der Waals surface area contributed by atoms with Crippen LogP contribution in [-0.2, 0) is 9.53 Å². The number of hydrogen-bond donors (Lipinski definition) is 1. The van der Waals surface area contributed by atoms with Gasteiger partial charge in [0.05, 0.1) is 5.92 Å². The lowest BCUT2D eigenvalue weighted by Crippen LogP contribution is -2.39. The van der Waals surface area contributed by atoms with Gasteiger partial charge in [-0.2, -0.15) is 13.2 Å². The minimum atomic E-state index is -4.36. The van der Waals surface area contributed by atoms with Crippen molar-refractivity contribution >= 4 is 5.91 Å². The smallest absolute Gasteiger partial charge is 0.368 e. The largest absolute Gasteiger partial charge is 0.395 e. The highest BCUT2D eigenvalue weighted by Gasteiger charge is 2.71. The SMILES string of the molecule is CNC(=O)C1(OC)CC1C(F)(F)F. The number of likely N-dealkylation sites (N-methyl/N-ethyl adjacent to an activating group) is 1. The molecular formula is C7H10F3NO2. The van der Waals surface area contributed by atoms with Gasteiger partial charge < -0.3 is 10.1 Å². The third kappa shape index (κ3) is 1.50. The summed E-state index contributed by atoms with van der Waals surface area (Å²) in [6.45, 7) is 0. The zero-order chi connectivity index (χ0) is 10.3. The second kappa shape index (κ2) is 2.87. The number of ether oxygens (including phenoxy) is 1. The molecule has 0 bridgehead atoms. The van der Waals surface area contributed by atoms with Crippen LogP contribution in [0.15, 0.2) is 0 Å². The van der Waals surface area contributed by atoms with Gasteiger partial charge in [-0.1, -0.05) is 0 Å². The molecule has 1 aliphatic carbocycles. The van der Waals surface area contributed by atoms with E-state index in [1.54, 1.807) is 0 Å². The van der Waals surface area contributed by atoms with Crippen molar-refractivity contribution < 1.29 is 22.7 Å². The molecule has 0 aromatic heterocycles. The maximum Gasteiger partial charge on any atom is 0.395 e. The van der Waals surface area contributed by atoms with Crippen molar-refractivity contribution in [2.45, 2.75) is 18.2 Å². The van der Waals surface area contributed by atoms with Crippen molar-refractivity contribution in [1.29, 1.82) is 0 Å². The van der Waals surface area contributed by atoms with Crippen LogP contribution in [0.3, 0.4) is 0 Å². The van der Waals surface area contributed by atoms with Gasteiger partial charge in [0.1, 0.15) is 0 Å². The van der Waals surface area contributed by atoms with Crippen molar-refractivity contribution in [3.8, 4) is 0 Å². The van der Waals surface area contributed by atoms with Crippen LogP contribution in [0, 0.1) is 5.92 Å². The van der Waals surface area contributed by atoms with Gasteiger partial charge in [-0.25, -0.2) is 0 Å². The summed E-state index contributed by atoms with van der Waals surface area (Å²) in [6, 6.07) is 0. The number of rotatable bonds is 2. The molecule has 1 fully saturated rings. The molecule has 1 N–H and O–H groups in total. The van der Waals surface area contributed by atoms with E-state index in [0.29, 0.717) is 0 Å². The fourth-order valence-corrected chi connectivity index (χ4v) is 1.41. The Morgan fingerprint density at radius 2 is 2.15 bits per heavy atom. The Hall–Kier alpha value is -0.780. The predicted octanol–water partition coefficient (Wildman–Crippen LogP) is 0.700. The van der Waals surface area contributed by atoms with E-state index in [1.165, 1.54) is 7.05 Å². The molecule has 76 valence electrons. The van der Waals surface area contributed by atoms with Gasteiger partial charge in [-0.3, -0.25) is 4.79 Å². The van der Waals surface area contributed by atoms with Gasteiger partial charge in [0.25, 0.3) is 5.91 Å². The lowest BCUT2D eigenvalue weighted by molar-refractivity contribution is -0.172. The minimum Gasteiger partial charge on any atom is -0.368 e. The maximum absolute atomic E-state index is 12.2. The minimum absolute atomic E-state index is 0.285. The number of carbonyl (C=O) groups excluding carboxylic acids is 1. The van der Waals surface area contributed by atoms with E-state index in [0.717, 1.165) is 7.11 Å². The molecule has 0 radical (unpaired) electrons. The first kappa shape index (κ1) is 10.3. The standard InChI is InChI=1S/C7H10F3NO2/c1-11-5(12)6(13-2)3-4(6)7(8,9)10/h4H,3H2,1-2H3,(H,11,12). The molecule has 0 aromatic rings. The summed E-state index contributed by atoms with van der Waals surface area (Å²) >= 11 is 0. The van der Waals surface area contributed by atoms with Crippen LogP contribution in [-0.4, -0.2) is 31.8 Å². The molecule has 0 saturated heterocycles. The van der Waals surface area contributed by atoms with Gasteiger partial charge in [0.15, 0.2) is 5.60 Å².